The Hall–Kier alpha value is -3.56. The molecule has 2 N–H and O–H groups in total. The average molecular weight is 500 g/mol. The van der Waals surface area contributed by atoms with E-state index in [2.05, 4.69) is 10.2 Å². The third-order valence-corrected chi connectivity index (χ3v) is 6.40. The van der Waals surface area contributed by atoms with Gasteiger partial charge in [-0.1, -0.05) is 29.8 Å². The molecule has 0 spiro atoms. The summed E-state index contributed by atoms with van der Waals surface area (Å²) in [5, 5.41) is 12.9. The number of halogens is 1. The highest BCUT2D eigenvalue weighted by Gasteiger charge is 2.28. The number of piperazine rings is 1. The molecule has 1 aliphatic rings. The predicted octanol–water partition coefficient (Wildman–Crippen LogP) is 1.96. The third kappa shape index (κ3) is 5.58. The molecule has 1 saturated heterocycles. The van der Waals surface area contributed by atoms with E-state index in [-0.39, 0.29) is 23.1 Å². The van der Waals surface area contributed by atoms with Crippen molar-refractivity contribution in [2.24, 2.45) is 0 Å². The molecule has 10 heteroatoms. The van der Waals surface area contributed by atoms with Crippen LogP contribution in [0.15, 0.2) is 57.7 Å². The second-order valence-corrected chi connectivity index (χ2v) is 8.60. The highest BCUT2D eigenvalue weighted by Crippen LogP contribution is 2.26. The van der Waals surface area contributed by atoms with Crippen molar-refractivity contribution < 1.29 is 23.8 Å². The third-order valence-electron chi connectivity index (χ3n) is 5.97. The summed E-state index contributed by atoms with van der Waals surface area (Å²) in [6.07, 6.45) is 0. The molecule has 3 aromatic rings. The summed E-state index contributed by atoms with van der Waals surface area (Å²) in [5.74, 6) is -0.594. The Morgan fingerprint density at radius 3 is 2.54 bits per heavy atom. The van der Waals surface area contributed by atoms with Gasteiger partial charge in [-0.05, 0) is 36.8 Å². The van der Waals surface area contributed by atoms with Gasteiger partial charge in [0.2, 0.25) is 5.91 Å². The Kier molecular flexibility index (Phi) is 7.57. The molecule has 0 aliphatic carbocycles. The maximum Gasteiger partial charge on any atom is 0.355 e. The van der Waals surface area contributed by atoms with Gasteiger partial charge in [0, 0.05) is 43.3 Å². The van der Waals surface area contributed by atoms with E-state index in [9.17, 15) is 19.5 Å². The SMILES string of the molecule is Cc1c(Cl)c(=O)oc2cc(OCC(=O)NC(CO)C(=O)N3CCN(c4ccccc4)CC3)ccc12. The summed E-state index contributed by atoms with van der Waals surface area (Å²) in [4.78, 5) is 40.9. The summed E-state index contributed by atoms with van der Waals surface area (Å²) >= 11 is 5.93. The van der Waals surface area contributed by atoms with Gasteiger partial charge in [0.15, 0.2) is 6.61 Å². The Morgan fingerprint density at radius 2 is 1.86 bits per heavy atom. The minimum absolute atomic E-state index is 0.0201. The topological polar surface area (TPSA) is 112 Å². The Labute approximate surface area is 206 Å². The fourth-order valence-corrected chi connectivity index (χ4v) is 4.16. The van der Waals surface area contributed by atoms with Gasteiger partial charge in [-0.2, -0.15) is 0 Å². The molecule has 1 atom stereocenters. The van der Waals surface area contributed by atoms with Gasteiger partial charge < -0.3 is 29.4 Å². The summed E-state index contributed by atoms with van der Waals surface area (Å²) in [6.45, 7) is 3.10. The van der Waals surface area contributed by atoms with Crippen LogP contribution in [-0.2, 0) is 9.59 Å². The van der Waals surface area contributed by atoms with Crippen molar-refractivity contribution in [2.45, 2.75) is 13.0 Å². The van der Waals surface area contributed by atoms with Crippen molar-refractivity contribution in [2.75, 3.05) is 44.3 Å². The number of amides is 2. The molecular weight excluding hydrogens is 474 g/mol. The lowest BCUT2D eigenvalue weighted by molar-refractivity contribution is -0.138. The van der Waals surface area contributed by atoms with E-state index in [1.54, 1.807) is 24.0 Å². The number of aliphatic hydroxyl groups is 1. The zero-order chi connectivity index (χ0) is 24.9. The Morgan fingerprint density at radius 1 is 1.14 bits per heavy atom. The molecule has 0 saturated carbocycles. The lowest BCUT2D eigenvalue weighted by Crippen LogP contribution is -2.56. The standard InChI is InChI=1S/C25H26ClN3O6/c1-16-19-8-7-18(13-21(19)35-25(33)23(16)26)34-15-22(31)27-20(14-30)24(32)29-11-9-28(10-12-29)17-5-3-2-4-6-17/h2-8,13,20,30H,9-12,14-15H2,1H3,(H,27,31). The van der Waals surface area contributed by atoms with Crippen LogP contribution in [0.3, 0.4) is 0 Å². The number of ether oxygens (including phenoxy) is 1. The van der Waals surface area contributed by atoms with Crippen molar-refractivity contribution in [3.63, 3.8) is 0 Å². The van der Waals surface area contributed by atoms with Crippen LogP contribution in [0.1, 0.15) is 5.56 Å². The maximum absolute atomic E-state index is 12.9. The van der Waals surface area contributed by atoms with Crippen LogP contribution in [0.25, 0.3) is 11.0 Å². The number of anilines is 1. The quantitative estimate of drug-likeness (QED) is 0.478. The highest BCUT2D eigenvalue weighted by molar-refractivity contribution is 6.31. The van der Waals surface area contributed by atoms with Crippen molar-refractivity contribution >= 4 is 40.1 Å². The molecule has 9 nitrogen and oxygen atoms in total. The Bertz CT molecular complexity index is 1270. The van der Waals surface area contributed by atoms with Gasteiger partial charge in [0.05, 0.1) is 6.61 Å². The number of hydrogen-bond acceptors (Lipinski definition) is 7. The van der Waals surface area contributed by atoms with E-state index in [0.29, 0.717) is 42.9 Å². The number of carbonyl (C=O) groups excluding carboxylic acids is 2. The monoisotopic (exact) mass is 499 g/mol. The largest absolute Gasteiger partial charge is 0.484 e. The summed E-state index contributed by atoms with van der Waals surface area (Å²) < 4.78 is 10.7. The summed E-state index contributed by atoms with van der Waals surface area (Å²) in [5.41, 5.74) is 1.32. The number of aryl methyl sites for hydroxylation is 1. The number of carbonyl (C=O) groups is 2. The normalized spacial score (nSPS) is 14.6. The zero-order valence-corrected chi connectivity index (χ0v) is 20.0. The Balaban J connectivity index is 1.31. The smallest absolute Gasteiger partial charge is 0.355 e. The second kappa shape index (κ2) is 10.8. The van der Waals surface area contributed by atoms with Gasteiger partial charge in [0.1, 0.15) is 22.4 Å². The first-order chi connectivity index (χ1) is 16.9. The second-order valence-electron chi connectivity index (χ2n) is 8.23. The van der Waals surface area contributed by atoms with Crippen LogP contribution in [0.5, 0.6) is 5.75 Å². The van der Waals surface area contributed by atoms with E-state index >= 15 is 0 Å². The molecule has 35 heavy (non-hydrogen) atoms. The number of para-hydroxylation sites is 1. The van der Waals surface area contributed by atoms with Crippen molar-refractivity contribution in [1.82, 2.24) is 10.2 Å². The van der Waals surface area contributed by atoms with Crippen LogP contribution in [0, 0.1) is 6.92 Å². The maximum atomic E-state index is 12.9. The van der Waals surface area contributed by atoms with Gasteiger partial charge in [-0.25, -0.2) is 4.79 Å². The van der Waals surface area contributed by atoms with E-state index in [0.717, 1.165) is 5.69 Å². The van der Waals surface area contributed by atoms with Crippen molar-refractivity contribution in [3.8, 4) is 5.75 Å². The molecule has 4 rings (SSSR count). The number of rotatable bonds is 7. The van der Waals surface area contributed by atoms with Crippen LogP contribution >= 0.6 is 11.6 Å². The van der Waals surface area contributed by atoms with E-state index in [1.807, 2.05) is 30.3 Å². The van der Waals surface area contributed by atoms with E-state index < -0.39 is 24.2 Å². The number of fused-ring (bicyclic) bond motifs is 1. The molecular formula is C25H26ClN3O6. The zero-order valence-electron chi connectivity index (χ0n) is 19.2. The minimum Gasteiger partial charge on any atom is -0.484 e. The van der Waals surface area contributed by atoms with Crippen LogP contribution in [-0.4, -0.2) is 67.3 Å². The molecule has 2 aromatic carbocycles. The van der Waals surface area contributed by atoms with Crippen LogP contribution in [0.4, 0.5) is 5.69 Å². The van der Waals surface area contributed by atoms with E-state index in [1.165, 1.54) is 6.07 Å². The molecule has 1 aromatic heterocycles. The van der Waals surface area contributed by atoms with Crippen LogP contribution < -0.4 is 20.6 Å². The lowest BCUT2D eigenvalue weighted by Gasteiger charge is -2.37. The number of hydrogen-bond donors (Lipinski definition) is 2. The first kappa shape index (κ1) is 24.6. The molecule has 1 unspecified atom stereocenters. The number of nitrogens with zero attached hydrogens (tertiary/aromatic N) is 2. The molecule has 2 amide bonds. The molecule has 184 valence electrons. The fourth-order valence-electron chi connectivity index (χ4n) is 4.02. The number of nitrogens with one attached hydrogen (secondary N) is 1. The van der Waals surface area contributed by atoms with Gasteiger partial charge in [0.25, 0.3) is 5.91 Å². The molecule has 2 heterocycles. The van der Waals surface area contributed by atoms with Crippen LogP contribution in [0.2, 0.25) is 5.02 Å². The molecule has 0 bridgehead atoms. The van der Waals surface area contributed by atoms with Crippen molar-refractivity contribution in [3.05, 3.63) is 69.5 Å². The highest BCUT2D eigenvalue weighted by atomic mass is 35.5. The molecule has 1 fully saturated rings. The van der Waals surface area contributed by atoms with Crippen molar-refractivity contribution in [1.29, 1.82) is 0 Å². The first-order valence-electron chi connectivity index (χ1n) is 11.2. The fraction of sp³-hybridized carbons (Fsp3) is 0.320. The van der Waals surface area contributed by atoms with Gasteiger partial charge in [-0.15, -0.1) is 0 Å². The average Bonchev–Trinajstić information content (AvgIpc) is 2.89. The summed E-state index contributed by atoms with van der Waals surface area (Å²) in [6, 6.07) is 13.7. The van der Waals surface area contributed by atoms with Gasteiger partial charge >= 0.3 is 5.63 Å². The lowest BCUT2D eigenvalue weighted by atomic mass is 10.1. The minimum atomic E-state index is -1.06. The molecule has 1 aliphatic heterocycles. The number of benzene rings is 2. The van der Waals surface area contributed by atoms with E-state index in [4.69, 9.17) is 20.8 Å². The molecule has 0 radical (unpaired) electrons. The first-order valence-corrected chi connectivity index (χ1v) is 11.6. The number of aliphatic hydroxyl groups excluding tert-OH is 1. The van der Waals surface area contributed by atoms with Gasteiger partial charge in [-0.3, -0.25) is 9.59 Å². The predicted molar refractivity (Wildman–Crippen MR) is 132 cm³/mol. The summed E-state index contributed by atoms with van der Waals surface area (Å²) in [7, 11) is 0.